The monoisotopic (exact) mass is 294 g/mol. The van der Waals surface area contributed by atoms with Gasteiger partial charge in [0.15, 0.2) is 0 Å². The first-order chi connectivity index (χ1) is 10.8. The summed E-state index contributed by atoms with van der Waals surface area (Å²) in [6, 6.07) is 11.3. The zero-order chi connectivity index (χ0) is 15.6. The minimum Gasteiger partial charge on any atom is -0.445 e. The van der Waals surface area contributed by atoms with Crippen molar-refractivity contribution in [1.82, 2.24) is 15.3 Å². The number of alkyl carbamates (subject to hydrolysis) is 1. The predicted octanol–water partition coefficient (Wildman–Crippen LogP) is 2.29. The molecule has 0 atom stereocenters. The topological polar surface area (TPSA) is 87.9 Å². The second-order valence-electron chi connectivity index (χ2n) is 4.30. The molecule has 6 heteroatoms. The number of hydrogen-bond donors (Lipinski definition) is 1. The molecule has 1 amide bonds. The Hall–Kier alpha value is -3.20. The zero-order valence-corrected chi connectivity index (χ0v) is 11.8. The van der Waals surface area contributed by atoms with E-state index in [1.165, 1.54) is 12.4 Å². The molecule has 0 saturated heterocycles. The van der Waals surface area contributed by atoms with Crippen molar-refractivity contribution < 1.29 is 9.53 Å². The van der Waals surface area contributed by atoms with Gasteiger partial charge >= 0.3 is 6.09 Å². The lowest BCUT2D eigenvalue weighted by atomic mass is 10.2. The van der Waals surface area contributed by atoms with E-state index in [1.807, 2.05) is 36.4 Å². The molecule has 1 aromatic heterocycles. The Labute approximate surface area is 128 Å². The normalized spacial score (nSPS) is 10.1. The summed E-state index contributed by atoms with van der Waals surface area (Å²) in [6.07, 6.45) is 6.09. The third kappa shape index (κ3) is 5.06. The van der Waals surface area contributed by atoms with Crippen molar-refractivity contribution in [3.05, 3.63) is 65.8 Å². The molecule has 0 aliphatic carbocycles. The van der Waals surface area contributed by atoms with Crippen molar-refractivity contribution in [2.24, 2.45) is 0 Å². The molecule has 1 aromatic carbocycles. The number of rotatable bonds is 5. The highest BCUT2D eigenvalue weighted by Crippen LogP contribution is 2.01. The van der Waals surface area contributed by atoms with Crippen molar-refractivity contribution in [2.45, 2.75) is 6.61 Å². The molecule has 0 aliphatic rings. The van der Waals surface area contributed by atoms with Gasteiger partial charge in [0, 0.05) is 24.5 Å². The number of nitrogens with zero attached hydrogens (tertiary/aromatic N) is 3. The number of aromatic nitrogens is 2. The first-order valence-corrected chi connectivity index (χ1v) is 6.61. The Kier molecular flexibility index (Phi) is 5.64. The van der Waals surface area contributed by atoms with E-state index in [1.54, 1.807) is 12.2 Å². The standard InChI is InChI=1S/C16H14N4O2/c17-9-15-19-10-14(11-20-15)7-4-8-18-16(21)22-12-13-5-2-1-3-6-13/h1-7,10-11H,8,12H2,(H,18,21). The van der Waals surface area contributed by atoms with Gasteiger partial charge in [0.05, 0.1) is 0 Å². The highest BCUT2D eigenvalue weighted by Gasteiger charge is 2.00. The summed E-state index contributed by atoms with van der Waals surface area (Å²) in [5, 5.41) is 11.2. The summed E-state index contributed by atoms with van der Waals surface area (Å²) in [5.74, 6) is 0.125. The molecule has 0 fully saturated rings. The number of ether oxygens (including phenoxy) is 1. The first kappa shape index (κ1) is 15.2. The van der Waals surface area contributed by atoms with E-state index in [0.29, 0.717) is 6.54 Å². The zero-order valence-electron chi connectivity index (χ0n) is 11.8. The number of nitriles is 1. The molecule has 110 valence electrons. The second kappa shape index (κ2) is 8.17. The Balaban J connectivity index is 1.70. The van der Waals surface area contributed by atoms with Crippen molar-refractivity contribution in [1.29, 1.82) is 5.26 Å². The number of carbonyl (C=O) groups excluding carboxylic acids is 1. The van der Waals surface area contributed by atoms with E-state index in [-0.39, 0.29) is 12.4 Å². The van der Waals surface area contributed by atoms with Crippen LogP contribution < -0.4 is 5.32 Å². The van der Waals surface area contributed by atoms with Crippen LogP contribution in [0.2, 0.25) is 0 Å². The fourth-order valence-corrected chi connectivity index (χ4v) is 1.59. The molecule has 6 nitrogen and oxygen atoms in total. The highest BCUT2D eigenvalue weighted by atomic mass is 16.5. The molecule has 0 radical (unpaired) electrons. The minimum absolute atomic E-state index is 0.125. The molecule has 1 N–H and O–H groups in total. The van der Waals surface area contributed by atoms with E-state index in [2.05, 4.69) is 15.3 Å². The van der Waals surface area contributed by atoms with Crippen LogP contribution >= 0.6 is 0 Å². The number of carbonyl (C=O) groups is 1. The molecule has 2 rings (SSSR count). The van der Waals surface area contributed by atoms with Gasteiger partial charge in [0.1, 0.15) is 12.7 Å². The lowest BCUT2D eigenvalue weighted by Gasteiger charge is -2.05. The fourth-order valence-electron chi connectivity index (χ4n) is 1.59. The maximum absolute atomic E-state index is 11.5. The maximum Gasteiger partial charge on any atom is 0.407 e. The summed E-state index contributed by atoms with van der Waals surface area (Å²) in [7, 11) is 0. The van der Waals surface area contributed by atoms with Crippen LogP contribution in [0.5, 0.6) is 0 Å². The summed E-state index contributed by atoms with van der Waals surface area (Å²) in [6.45, 7) is 0.563. The number of benzene rings is 1. The van der Waals surface area contributed by atoms with Crippen LogP contribution in [-0.4, -0.2) is 22.6 Å². The van der Waals surface area contributed by atoms with E-state index in [4.69, 9.17) is 10.00 Å². The SMILES string of the molecule is N#Cc1ncc(C=CCNC(=O)OCc2ccccc2)cn1. The summed E-state index contributed by atoms with van der Waals surface area (Å²) >= 11 is 0. The van der Waals surface area contributed by atoms with Gasteiger partial charge in [-0.2, -0.15) is 5.26 Å². The van der Waals surface area contributed by atoms with Gasteiger partial charge in [0.2, 0.25) is 5.82 Å². The highest BCUT2D eigenvalue weighted by molar-refractivity contribution is 5.67. The molecule has 22 heavy (non-hydrogen) atoms. The Bertz CT molecular complexity index is 676. The van der Waals surface area contributed by atoms with E-state index in [0.717, 1.165) is 11.1 Å². The molecule has 2 aromatic rings. The number of nitrogens with one attached hydrogen (secondary N) is 1. The molecular weight excluding hydrogens is 280 g/mol. The minimum atomic E-state index is -0.482. The lowest BCUT2D eigenvalue weighted by molar-refractivity contribution is 0.141. The molecule has 0 unspecified atom stereocenters. The van der Waals surface area contributed by atoms with Crippen LogP contribution in [-0.2, 0) is 11.3 Å². The number of amides is 1. The average Bonchev–Trinajstić information content (AvgIpc) is 2.58. The Morgan fingerprint density at radius 3 is 2.68 bits per heavy atom. The van der Waals surface area contributed by atoms with E-state index < -0.39 is 6.09 Å². The Morgan fingerprint density at radius 1 is 1.27 bits per heavy atom. The third-order valence-corrected chi connectivity index (χ3v) is 2.66. The molecule has 1 heterocycles. The van der Waals surface area contributed by atoms with Crippen LogP contribution in [0.3, 0.4) is 0 Å². The third-order valence-electron chi connectivity index (χ3n) is 2.66. The average molecular weight is 294 g/mol. The molecule has 0 spiro atoms. The second-order valence-corrected chi connectivity index (χ2v) is 4.30. The smallest absolute Gasteiger partial charge is 0.407 e. The van der Waals surface area contributed by atoms with E-state index in [9.17, 15) is 4.79 Å². The van der Waals surface area contributed by atoms with Crippen LogP contribution in [0, 0.1) is 11.3 Å². The lowest BCUT2D eigenvalue weighted by Crippen LogP contribution is -2.24. The summed E-state index contributed by atoms with van der Waals surface area (Å²) < 4.78 is 5.07. The van der Waals surface area contributed by atoms with Gasteiger partial charge in [-0.15, -0.1) is 0 Å². The van der Waals surface area contributed by atoms with Gasteiger partial charge in [-0.1, -0.05) is 42.5 Å². The van der Waals surface area contributed by atoms with Crippen molar-refractivity contribution in [2.75, 3.05) is 6.54 Å². The largest absolute Gasteiger partial charge is 0.445 e. The molecule has 0 saturated carbocycles. The van der Waals surface area contributed by atoms with Crippen LogP contribution in [0.25, 0.3) is 6.08 Å². The predicted molar refractivity (Wildman–Crippen MR) is 80.4 cm³/mol. The van der Waals surface area contributed by atoms with Crippen molar-refractivity contribution >= 4 is 12.2 Å². The van der Waals surface area contributed by atoms with Gasteiger partial charge in [-0.25, -0.2) is 14.8 Å². The van der Waals surface area contributed by atoms with E-state index >= 15 is 0 Å². The van der Waals surface area contributed by atoms with Gasteiger partial charge in [-0.3, -0.25) is 0 Å². The van der Waals surface area contributed by atoms with Gasteiger partial charge in [0.25, 0.3) is 0 Å². The van der Waals surface area contributed by atoms with Crippen LogP contribution in [0.1, 0.15) is 17.0 Å². The van der Waals surface area contributed by atoms with Crippen molar-refractivity contribution in [3.8, 4) is 6.07 Å². The Morgan fingerprint density at radius 2 is 2.00 bits per heavy atom. The first-order valence-electron chi connectivity index (χ1n) is 6.61. The summed E-state index contributed by atoms with van der Waals surface area (Å²) in [4.78, 5) is 19.2. The fraction of sp³-hybridized carbons (Fsp3) is 0.125. The maximum atomic E-state index is 11.5. The van der Waals surface area contributed by atoms with Gasteiger partial charge in [-0.05, 0) is 5.56 Å². The van der Waals surface area contributed by atoms with Crippen LogP contribution in [0.4, 0.5) is 4.79 Å². The van der Waals surface area contributed by atoms with Gasteiger partial charge < -0.3 is 10.1 Å². The van der Waals surface area contributed by atoms with Crippen molar-refractivity contribution in [3.63, 3.8) is 0 Å². The molecular formula is C16H14N4O2. The molecule has 0 bridgehead atoms. The van der Waals surface area contributed by atoms with Crippen LogP contribution in [0.15, 0.2) is 48.8 Å². The molecule has 0 aliphatic heterocycles. The summed E-state index contributed by atoms with van der Waals surface area (Å²) in [5.41, 5.74) is 1.68. The number of hydrogen-bond acceptors (Lipinski definition) is 5. The quantitative estimate of drug-likeness (QED) is 0.914.